The topological polar surface area (TPSA) is 29.3 Å². The number of nitrogens with zero attached hydrogens (tertiary/aromatic N) is 1. The molecule has 2 atom stereocenters. The van der Waals surface area contributed by atoms with Gasteiger partial charge in [-0.05, 0) is 135 Å². The van der Waals surface area contributed by atoms with Crippen LogP contribution in [0.15, 0.2) is 72.8 Å². The highest BCUT2D eigenvalue weighted by atomic mass is 15.2. The second-order valence-electron chi connectivity index (χ2n) is 17.5. The van der Waals surface area contributed by atoms with Crippen LogP contribution in [0.5, 0.6) is 0 Å². The van der Waals surface area contributed by atoms with Crippen LogP contribution in [0.25, 0.3) is 0 Å². The highest BCUT2D eigenvalue weighted by molar-refractivity contribution is 5.24. The van der Waals surface area contributed by atoms with Crippen LogP contribution in [-0.2, 0) is 19.3 Å². The molecule has 282 valence electrons. The van der Waals surface area contributed by atoms with Crippen molar-refractivity contribution in [1.29, 1.82) is 0 Å². The Balaban J connectivity index is 0.000000398. The SMILES string of the molecule is CCCC(C)(C)Cc1ccc(C)cc1.CCCC(C)Cc1ccc(C)cc1.CCN(C(C)C)C(C)(C)CCCC(C)(N)Cc1ccc(C)cc1. The van der Waals surface area contributed by atoms with Gasteiger partial charge in [0.1, 0.15) is 0 Å². The van der Waals surface area contributed by atoms with E-state index in [1.54, 1.807) is 0 Å². The smallest absolute Gasteiger partial charge is 0.0166 e. The molecule has 2 nitrogen and oxygen atoms in total. The Morgan fingerprint density at radius 2 is 1.02 bits per heavy atom. The first-order valence-corrected chi connectivity index (χ1v) is 20.0. The molecule has 3 rings (SSSR count). The van der Waals surface area contributed by atoms with Gasteiger partial charge in [0.05, 0.1) is 0 Å². The van der Waals surface area contributed by atoms with Gasteiger partial charge in [0.25, 0.3) is 0 Å². The molecule has 0 saturated heterocycles. The molecule has 0 spiro atoms. The Hall–Kier alpha value is -2.42. The van der Waals surface area contributed by atoms with E-state index in [0.717, 1.165) is 25.3 Å². The number of hydrogen-bond donors (Lipinski definition) is 1. The van der Waals surface area contributed by atoms with Crippen molar-refractivity contribution in [2.45, 2.75) is 178 Å². The summed E-state index contributed by atoms with van der Waals surface area (Å²) in [6.45, 7) is 32.8. The van der Waals surface area contributed by atoms with Crippen molar-refractivity contribution in [3.05, 3.63) is 106 Å². The minimum atomic E-state index is -0.125. The monoisotopic (exact) mass is 685 g/mol. The average Bonchev–Trinajstić information content (AvgIpc) is 3.01. The highest BCUT2D eigenvalue weighted by Crippen LogP contribution is 2.28. The summed E-state index contributed by atoms with van der Waals surface area (Å²) in [4.78, 5) is 2.58. The van der Waals surface area contributed by atoms with E-state index in [0.29, 0.717) is 11.5 Å². The third-order valence-electron chi connectivity index (χ3n) is 10.2. The molecular formula is C48H80N2. The Morgan fingerprint density at radius 1 is 0.580 bits per heavy atom. The van der Waals surface area contributed by atoms with Gasteiger partial charge in [0.2, 0.25) is 0 Å². The highest BCUT2D eigenvalue weighted by Gasteiger charge is 2.28. The Labute approximate surface area is 312 Å². The molecule has 0 aliphatic heterocycles. The lowest BCUT2D eigenvalue weighted by atomic mass is 9.82. The molecule has 2 N–H and O–H groups in total. The van der Waals surface area contributed by atoms with Gasteiger partial charge in [-0.25, -0.2) is 0 Å². The van der Waals surface area contributed by atoms with Gasteiger partial charge in [-0.3, -0.25) is 4.90 Å². The standard InChI is InChI=1S/C21H38N2.C14H22.C13H20/c1-8-23(17(2)3)20(5,6)14-9-15-21(7,22)16-19-12-10-18(4)11-13-19;1-5-10-14(3,4)11-13-8-6-12(2)7-9-13;1-4-5-12(3)10-13-8-6-11(2)7-9-13/h10-13,17H,8-9,14-16,22H2,1-7H3;6-9H,5,10-11H2,1-4H3;6-9,12H,4-5,10H2,1-3H3. The van der Waals surface area contributed by atoms with Crippen molar-refractivity contribution < 1.29 is 0 Å². The zero-order valence-electron chi connectivity index (χ0n) is 35.4. The quantitative estimate of drug-likeness (QED) is 0.153. The lowest BCUT2D eigenvalue weighted by Gasteiger charge is -2.41. The summed E-state index contributed by atoms with van der Waals surface area (Å²) in [7, 11) is 0. The van der Waals surface area contributed by atoms with E-state index < -0.39 is 0 Å². The van der Waals surface area contributed by atoms with Gasteiger partial charge >= 0.3 is 0 Å². The van der Waals surface area contributed by atoms with Crippen LogP contribution in [-0.4, -0.2) is 28.6 Å². The molecule has 0 bridgehead atoms. The summed E-state index contributed by atoms with van der Waals surface area (Å²) < 4.78 is 0. The van der Waals surface area contributed by atoms with Crippen molar-refractivity contribution in [1.82, 2.24) is 4.90 Å². The molecule has 3 aromatic carbocycles. The minimum absolute atomic E-state index is 0.125. The van der Waals surface area contributed by atoms with Gasteiger partial charge in [-0.2, -0.15) is 0 Å². The van der Waals surface area contributed by atoms with Crippen molar-refractivity contribution in [3.63, 3.8) is 0 Å². The average molecular weight is 685 g/mol. The molecule has 0 radical (unpaired) electrons. The number of aryl methyl sites for hydroxylation is 3. The Kier molecular flexibility index (Phi) is 20.5. The molecule has 0 aliphatic carbocycles. The normalized spacial score (nSPS) is 13.6. The van der Waals surface area contributed by atoms with Crippen LogP contribution in [0.2, 0.25) is 0 Å². The van der Waals surface area contributed by atoms with Gasteiger partial charge in [0.15, 0.2) is 0 Å². The maximum absolute atomic E-state index is 6.57. The van der Waals surface area contributed by atoms with Gasteiger partial charge in [-0.15, -0.1) is 0 Å². The maximum atomic E-state index is 6.57. The van der Waals surface area contributed by atoms with Crippen molar-refractivity contribution in [2.75, 3.05) is 6.54 Å². The second kappa shape index (κ2) is 22.5. The summed E-state index contributed by atoms with van der Waals surface area (Å²) in [5.41, 5.74) is 15.4. The van der Waals surface area contributed by atoms with Crippen LogP contribution in [0.3, 0.4) is 0 Å². The third-order valence-corrected chi connectivity index (χ3v) is 10.2. The van der Waals surface area contributed by atoms with E-state index in [1.165, 1.54) is 84.7 Å². The predicted octanol–water partition coefficient (Wildman–Crippen LogP) is 13.3. The van der Waals surface area contributed by atoms with E-state index in [9.17, 15) is 0 Å². The number of hydrogen-bond acceptors (Lipinski definition) is 2. The summed E-state index contributed by atoms with van der Waals surface area (Å²) in [5, 5.41) is 0. The first-order valence-electron chi connectivity index (χ1n) is 20.0. The third kappa shape index (κ3) is 19.3. The Morgan fingerprint density at radius 3 is 1.42 bits per heavy atom. The van der Waals surface area contributed by atoms with E-state index in [1.807, 2.05) is 0 Å². The number of nitrogens with two attached hydrogens (primary N) is 1. The van der Waals surface area contributed by atoms with Crippen LogP contribution < -0.4 is 5.73 Å². The lowest BCUT2D eigenvalue weighted by Crippen LogP contribution is -2.48. The van der Waals surface area contributed by atoms with Gasteiger partial charge < -0.3 is 5.73 Å². The van der Waals surface area contributed by atoms with E-state index in [2.05, 4.69) is 175 Å². The molecule has 0 aromatic heterocycles. The van der Waals surface area contributed by atoms with Crippen LogP contribution in [0.4, 0.5) is 0 Å². The number of rotatable bonds is 17. The molecule has 0 amide bonds. The molecule has 3 aromatic rings. The van der Waals surface area contributed by atoms with Crippen molar-refractivity contribution in [2.24, 2.45) is 17.1 Å². The minimum Gasteiger partial charge on any atom is -0.325 e. The molecule has 0 saturated carbocycles. The van der Waals surface area contributed by atoms with Gasteiger partial charge in [-0.1, -0.05) is 150 Å². The molecule has 2 heteroatoms. The van der Waals surface area contributed by atoms with E-state index in [4.69, 9.17) is 5.73 Å². The Bertz CT molecular complexity index is 1280. The zero-order chi connectivity index (χ0) is 38.0. The molecule has 0 fully saturated rings. The zero-order valence-corrected chi connectivity index (χ0v) is 35.4. The van der Waals surface area contributed by atoms with Crippen LogP contribution in [0.1, 0.15) is 154 Å². The molecule has 50 heavy (non-hydrogen) atoms. The fraction of sp³-hybridized carbons (Fsp3) is 0.625. The number of benzene rings is 3. The van der Waals surface area contributed by atoms with Crippen LogP contribution >= 0.6 is 0 Å². The fourth-order valence-corrected chi connectivity index (χ4v) is 7.57. The maximum Gasteiger partial charge on any atom is 0.0166 e. The largest absolute Gasteiger partial charge is 0.325 e. The first kappa shape index (κ1) is 45.6. The van der Waals surface area contributed by atoms with E-state index >= 15 is 0 Å². The van der Waals surface area contributed by atoms with Gasteiger partial charge in [0, 0.05) is 17.1 Å². The molecule has 0 heterocycles. The van der Waals surface area contributed by atoms with Crippen molar-refractivity contribution >= 4 is 0 Å². The molecular weight excluding hydrogens is 605 g/mol. The second-order valence-corrected chi connectivity index (χ2v) is 17.5. The molecule has 2 unspecified atom stereocenters. The van der Waals surface area contributed by atoms with Crippen molar-refractivity contribution in [3.8, 4) is 0 Å². The summed E-state index contributed by atoms with van der Waals surface area (Å²) in [5.74, 6) is 0.827. The summed E-state index contributed by atoms with van der Waals surface area (Å²) >= 11 is 0. The first-order chi connectivity index (χ1) is 23.3. The summed E-state index contributed by atoms with van der Waals surface area (Å²) in [6, 6.07) is 27.2. The summed E-state index contributed by atoms with van der Waals surface area (Å²) in [6.07, 6.45) is 12.0. The van der Waals surface area contributed by atoms with Crippen LogP contribution in [0, 0.1) is 32.1 Å². The van der Waals surface area contributed by atoms with E-state index in [-0.39, 0.29) is 11.1 Å². The predicted molar refractivity (Wildman–Crippen MR) is 225 cm³/mol. The molecule has 0 aliphatic rings. The lowest BCUT2D eigenvalue weighted by molar-refractivity contribution is 0.0795. The fourth-order valence-electron chi connectivity index (χ4n) is 7.57.